The van der Waals surface area contributed by atoms with Gasteiger partial charge in [0.15, 0.2) is 0 Å². The second kappa shape index (κ2) is 13.5. The molecule has 9 heteroatoms. The van der Waals surface area contributed by atoms with Gasteiger partial charge in [0.25, 0.3) is 0 Å². The SMILES string of the molecule is O=C(CN(CCN1CCOCC1)C(=O)Nc1ccccc1Br)N(Cc1ccccc1)Cc1cccs1. The third kappa shape index (κ3) is 7.89. The molecule has 0 radical (unpaired) electrons. The lowest BCUT2D eigenvalue weighted by Crippen LogP contribution is -2.48. The molecule has 1 saturated heterocycles. The van der Waals surface area contributed by atoms with Crippen LogP contribution in [0.5, 0.6) is 0 Å². The molecule has 3 amide bonds. The fourth-order valence-corrected chi connectivity index (χ4v) is 5.09. The number of nitrogens with zero attached hydrogens (tertiary/aromatic N) is 3. The molecule has 2 heterocycles. The first-order chi connectivity index (χ1) is 17.6. The van der Waals surface area contributed by atoms with Crippen LogP contribution in [-0.2, 0) is 22.6 Å². The number of anilines is 1. The maximum Gasteiger partial charge on any atom is 0.322 e. The van der Waals surface area contributed by atoms with Gasteiger partial charge in [0, 0.05) is 42.1 Å². The number of hydrogen-bond donors (Lipinski definition) is 1. The van der Waals surface area contributed by atoms with Gasteiger partial charge >= 0.3 is 6.03 Å². The Morgan fingerprint density at radius 1 is 0.944 bits per heavy atom. The lowest BCUT2D eigenvalue weighted by atomic mass is 10.2. The summed E-state index contributed by atoms with van der Waals surface area (Å²) in [4.78, 5) is 33.8. The molecule has 190 valence electrons. The van der Waals surface area contributed by atoms with Crippen molar-refractivity contribution < 1.29 is 14.3 Å². The van der Waals surface area contributed by atoms with Crippen molar-refractivity contribution in [2.75, 3.05) is 51.3 Å². The van der Waals surface area contributed by atoms with Crippen LogP contribution >= 0.6 is 27.3 Å². The van der Waals surface area contributed by atoms with E-state index in [0.717, 1.165) is 28.0 Å². The van der Waals surface area contributed by atoms with Crippen molar-refractivity contribution in [1.29, 1.82) is 0 Å². The fraction of sp³-hybridized carbons (Fsp3) is 0.333. The number of amides is 3. The average molecular weight is 572 g/mol. The van der Waals surface area contributed by atoms with E-state index in [-0.39, 0.29) is 18.5 Å². The fourth-order valence-electron chi connectivity index (χ4n) is 3.99. The van der Waals surface area contributed by atoms with Gasteiger partial charge in [-0.05, 0) is 45.1 Å². The predicted molar refractivity (Wildman–Crippen MR) is 147 cm³/mol. The number of thiophene rings is 1. The Bertz CT molecular complexity index is 1110. The lowest BCUT2D eigenvalue weighted by Gasteiger charge is -2.31. The normalized spacial score (nSPS) is 13.8. The highest BCUT2D eigenvalue weighted by Crippen LogP contribution is 2.22. The largest absolute Gasteiger partial charge is 0.379 e. The number of ether oxygens (including phenoxy) is 1. The molecule has 2 aromatic carbocycles. The number of morpholine rings is 1. The van der Waals surface area contributed by atoms with Crippen LogP contribution in [-0.4, -0.2) is 72.6 Å². The number of carbonyl (C=O) groups excluding carboxylic acids is 2. The van der Waals surface area contributed by atoms with E-state index in [4.69, 9.17) is 4.74 Å². The summed E-state index contributed by atoms with van der Waals surface area (Å²) in [5.41, 5.74) is 1.73. The summed E-state index contributed by atoms with van der Waals surface area (Å²) in [7, 11) is 0. The third-order valence-corrected chi connectivity index (χ3v) is 7.57. The lowest BCUT2D eigenvalue weighted by molar-refractivity contribution is -0.133. The Hall–Kier alpha value is -2.72. The maximum atomic E-state index is 13.6. The molecule has 0 bridgehead atoms. The van der Waals surface area contributed by atoms with E-state index in [1.54, 1.807) is 16.2 Å². The standard InChI is InChI=1S/C27H31BrN4O3S/c28-24-10-4-5-11-25(24)29-27(34)31(13-12-30-14-16-35-17-15-30)21-26(33)32(20-23-9-6-18-36-23)19-22-7-2-1-3-8-22/h1-11,18H,12-17,19-21H2,(H,29,34). The summed E-state index contributed by atoms with van der Waals surface area (Å²) in [5, 5.41) is 4.98. The number of rotatable bonds is 10. The van der Waals surface area contributed by atoms with E-state index in [9.17, 15) is 9.59 Å². The molecule has 1 N–H and O–H groups in total. The number of para-hydroxylation sites is 1. The smallest absolute Gasteiger partial charge is 0.322 e. The zero-order chi connectivity index (χ0) is 25.2. The van der Waals surface area contributed by atoms with Crippen molar-refractivity contribution in [2.45, 2.75) is 13.1 Å². The van der Waals surface area contributed by atoms with Gasteiger partial charge in [0.05, 0.1) is 25.4 Å². The Kier molecular flexibility index (Phi) is 9.92. The molecule has 3 aromatic rings. The minimum atomic E-state index is -0.292. The molecule has 1 aliphatic rings. The summed E-state index contributed by atoms with van der Waals surface area (Å²) < 4.78 is 6.24. The van der Waals surface area contributed by atoms with Crippen molar-refractivity contribution in [3.8, 4) is 0 Å². The summed E-state index contributed by atoms with van der Waals surface area (Å²) in [6.45, 7) is 5.15. The Morgan fingerprint density at radius 3 is 2.42 bits per heavy atom. The second-order valence-electron chi connectivity index (χ2n) is 8.60. The molecular formula is C27H31BrN4O3S. The van der Waals surface area contributed by atoms with E-state index >= 15 is 0 Å². The summed E-state index contributed by atoms with van der Waals surface area (Å²) >= 11 is 5.12. The quantitative estimate of drug-likeness (QED) is 0.376. The number of urea groups is 1. The van der Waals surface area contributed by atoms with Crippen molar-refractivity contribution in [1.82, 2.24) is 14.7 Å². The van der Waals surface area contributed by atoms with Crippen LogP contribution < -0.4 is 5.32 Å². The second-order valence-corrected chi connectivity index (χ2v) is 10.5. The number of hydrogen-bond acceptors (Lipinski definition) is 5. The van der Waals surface area contributed by atoms with Gasteiger partial charge in [-0.2, -0.15) is 0 Å². The summed E-state index contributed by atoms with van der Waals surface area (Å²) in [6, 6.07) is 21.2. The average Bonchev–Trinajstić information content (AvgIpc) is 3.42. The molecule has 1 fully saturated rings. The molecule has 1 aliphatic heterocycles. The van der Waals surface area contributed by atoms with Crippen molar-refractivity contribution in [3.63, 3.8) is 0 Å². The monoisotopic (exact) mass is 570 g/mol. The van der Waals surface area contributed by atoms with Crippen LogP contribution in [0.25, 0.3) is 0 Å². The first-order valence-corrected chi connectivity index (χ1v) is 13.7. The van der Waals surface area contributed by atoms with Crippen LogP contribution in [0.3, 0.4) is 0 Å². The first kappa shape index (κ1) is 26.3. The van der Waals surface area contributed by atoms with E-state index in [0.29, 0.717) is 45.1 Å². The number of halogens is 1. The Morgan fingerprint density at radius 2 is 1.69 bits per heavy atom. The molecule has 0 aliphatic carbocycles. The molecule has 0 atom stereocenters. The summed E-state index contributed by atoms with van der Waals surface area (Å²) in [5.74, 6) is -0.0866. The molecular weight excluding hydrogens is 540 g/mol. The molecule has 1 aromatic heterocycles. The molecule has 7 nitrogen and oxygen atoms in total. The molecule has 36 heavy (non-hydrogen) atoms. The van der Waals surface area contributed by atoms with Crippen LogP contribution in [0.4, 0.5) is 10.5 Å². The Balaban J connectivity index is 1.49. The van der Waals surface area contributed by atoms with Crippen molar-refractivity contribution in [3.05, 3.63) is 87.0 Å². The molecule has 4 rings (SSSR count). The Labute approximate surface area is 224 Å². The number of nitrogens with one attached hydrogen (secondary N) is 1. The van der Waals surface area contributed by atoms with Gasteiger partial charge in [-0.25, -0.2) is 4.79 Å². The van der Waals surface area contributed by atoms with Gasteiger partial charge in [-0.3, -0.25) is 9.69 Å². The highest BCUT2D eigenvalue weighted by molar-refractivity contribution is 9.10. The van der Waals surface area contributed by atoms with Crippen LogP contribution in [0, 0.1) is 0 Å². The zero-order valence-electron chi connectivity index (χ0n) is 20.1. The van der Waals surface area contributed by atoms with Crippen molar-refractivity contribution >= 4 is 44.9 Å². The molecule has 0 unspecified atom stereocenters. The molecule has 0 saturated carbocycles. The number of carbonyl (C=O) groups is 2. The first-order valence-electron chi connectivity index (χ1n) is 12.0. The summed E-state index contributed by atoms with van der Waals surface area (Å²) in [6.07, 6.45) is 0. The highest BCUT2D eigenvalue weighted by Gasteiger charge is 2.24. The van der Waals surface area contributed by atoms with E-state index < -0.39 is 0 Å². The van der Waals surface area contributed by atoms with E-state index in [2.05, 4.69) is 26.1 Å². The molecule has 0 spiro atoms. The predicted octanol–water partition coefficient (Wildman–Crippen LogP) is 4.91. The highest BCUT2D eigenvalue weighted by atomic mass is 79.9. The van der Waals surface area contributed by atoms with Gasteiger partial charge in [-0.1, -0.05) is 48.5 Å². The minimum Gasteiger partial charge on any atom is -0.379 e. The van der Waals surface area contributed by atoms with Crippen molar-refractivity contribution in [2.24, 2.45) is 0 Å². The van der Waals surface area contributed by atoms with Gasteiger partial charge in [-0.15, -0.1) is 11.3 Å². The maximum absolute atomic E-state index is 13.6. The minimum absolute atomic E-state index is 0.00116. The van der Waals surface area contributed by atoms with Crippen LogP contribution in [0.15, 0.2) is 76.6 Å². The van der Waals surface area contributed by atoms with Gasteiger partial charge < -0.3 is 19.9 Å². The van der Waals surface area contributed by atoms with Crippen LogP contribution in [0.2, 0.25) is 0 Å². The third-order valence-electron chi connectivity index (χ3n) is 6.01. The van der Waals surface area contributed by atoms with Gasteiger partial charge in [0.2, 0.25) is 5.91 Å². The van der Waals surface area contributed by atoms with E-state index in [1.807, 2.05) is 77.0 Å². The van der Waals surface area contributed by atoms with E-state index in [1.165, 1.54) is 0 Å². The van der Waals surface area contributed by atoms with Gasteiger partial charge in [0.1, 0.15) is 6.54 Å². The zero-order valence-corrected chi connectivity index (χ0v) is 22.5. The van der Waals surface area contributed by atoms with Crippen LogP contribution in [0.1, 0.15) is 10.4 Å². The topological polar surface area (TPSA) is 65.1 Å². The number of benzene rings is 2.